The van der Waals surface area contributed by atoms with Crippen molar-refractivity contribution in [1.82, 2.24) is 4.98 Å². The maximum Gasteiger partial charge on any atom is 0.410 e. The third-order valence-corrected chi connectivity index (χ3v) is 5.03. The van der Waals surface area contributed by atoms with Gasteiger partial charge in [-0.15, -0.1) is 0 Å². The van der Waals surface area contributed by atoms with E-state index < -0.39 is 12.2 Å². The molecule has 1 aliphatic rings. The van der Waals surface area contributed by atoms with E-state index in [0.717, 1.165) is 25.7 Å². The molecule has 1 fully saturated rings. The quantitative estimate of drug-likeness (QED) is 0.787. The summed E-state index contributed by atoms with van der Waals surface area (Å²) in [5.41, 5.74) is 0.525. The third kappa shape index (κ3) is 3.15. The fraction of sp³-hybridized carbons (Fsp3) is 0.467. The van der Waals surface area contributed by atoms with Crippen molar-refractivity contribution in [3.8, 4) is 11.5 Å². The molecular weight excluding hydrogens is 304 g/mol. The molecule has 2 aromatic rings. The van der Waals surface area contributed by atoms with Crippen LogP contribution < -0.4 is 5.32 Å². The van der Waals surface area contributed by atoms with Gasteiger partial charge in [0.15, 0.2) is 10.9 Å². The number of anilines is 1. The minimum atomic E-state index is -1.17. The predicted molar refractivity (Wildman–Crippen MR) is 83.0 cm³/mol. The minimum Gasteiger partial charge on any atom is -0.465 e. The number of nitrogens with one attached hydrogen (secondary N) is 1. The van der Waals surface area contributed by atoms with Gasteiger partial charge in [-0.2, -0.15) is 0 Å². The lowest BCUT2D eigenvalue weighted by Crippen LogP contribution is -2.15. The van der Waals surface area contributed by atoms with Crippen LogP contribution in [0.1, 0.15) is 43.1 Å². The molecule has 0 aromatic carbocycles. The zero-order chi connectivity index (χ0) is 15.5. The molecule has 0 saturated heterocycles. The number of carboxylic acid groups (broad SMARTS) is 1. The van der Waals surface area contributed by atoms with Crippen molar-refractivity contribution in [3.63, 3.8) is 0 Å². The molecule has 0 bridgehead atoms. The van der Waals surface area contributed by atoms with Crippen molar-refractivity contribution in [3.05, 3.63) is 23.3 Å². The number of aromatic nitrogens is 1. The number of carbonyl (C=O) groups is 1. The molecule has 0 radical (unpaired) electrons. The lowest BCUT2D eigenvalue weighted by molar-refractivity contribution is 0.0881. The van der Waals surface area contributed by atoms with E-state index >= 15 is 0 Å². The van der Waals surface area contributed by atoms with Crippen molar-refractivity contribution in [2.24, 2.45) is 5.92 Å². The maximum atomic E-state index is 10.8. The first-order valence-corrected chi connectivity index (χ1v) is 8.19. The van der Waals surface area contributed by atoms with Crippen LogP contribution in [0.4, 0.5) is 9.93 Å². The zero-order valence-corrected chi connectivity index (χ0v) is 12.8. The van der Waals surface area contributed by atoms with Gasteiger partial charge in [0.25, 0.3) is 0 Å². The van der Waals surface area contributed by atoms with Crippen LogP contribution in [-0.4, -0.2) is 21.3 Å². The molecule has 7 heteroatoms. The van der Waals surface area contributed by atoms with Gasteiger partial charge in [-0.1, -0.05) is 30.6 Å². The van der Waals surface area contributed by atoms with E-state index in [-0.39, 0.29) is 11.0 Å². The van der Waals surface area contributed by atoms with Gasteiger partial charge in [0.2, 0.25) is 0 Å². The molecule has 1 atom stereocenters. The van der Waals surface area contributed by atoms with Crippen LogP contribution in [0.3, 0.4) is 0 Å². The second-order valence-corrected chi connectivity index (χ2v) is 6.51. The van der Waals surface area contributed by atoms with E-state index in [2.05, 4.69) is 10.3 Å². The summed E-state index contributed by atoms with van der Waals surface area (Å²) < 4.78 is 5.37. The van der Waals surface area contributed by atoms with Crippen LogP contribution in [0, 0.1) is 5.92 Å². The molecule has 1 amide bonds. The highest BCUT2D eigenvalue weighted by atomic mass is 32.1. The fourth-order valence-corrected chi connectivity index (χ4v) is 3.97. The van der Waals surface area contributed by atoms with Crippen LogP contribution in [0.25, 0.3) is 11.5 Å². The smallest absolute Gasteiger partial charge is 0.410 e. The molecule has 3 N–H and O–H groups in total. The van der Waals surface area contributed by atoms with Gasteiger partial charge in [-0.3, -0.25) is 5.32 Å². The molecule has 118 valence electrons. The predicted octanol–water partition coefficient (Wildman–Crippen LogP) is 4.11. The first-order valence-electron chi connectivity index (χ1n) is 7.38. The molecule has 1 aliphatic carbocycles. The summed E-state index contributed by atoms with van der Waals surface area (Å²) in [7, 11) is 0. The molecule has 1 unspecified atom stereocenters. The lowest BCUT2D eigenvalue weighted by atomic mass is 9.84. The molecule has 0 aliphatic heterocycles. The monoisotopic (exact) mass is 322 g/mol. The second-order valence-electron chi connectivity index (χ2n) is 5.48. The summed E-state index contributed by atoms with van der Waals surface area (Å²) in [6.07, 6.45) is 5.16. The number of amides is 1. The molecule has 0 spiro atoms. The van der Waals surface area contributed by atoms with Crippen molar-refractivity contribution < 1.29 is 19.4 Å². The van der Waals surface area contributed by atoms with Crippen molar-refractivity contribution >= 4 is 22.6 Å². The topological polar surface area (TPSA) is 95.6 Å². The zero-order valence-electron chi connectivity index (χ0n) is 12.0. The Hall–Kier alpha value is -1.86. The largest absolute Gasteiger partial charge is 0.465 e. The van der Waals surface area contributed by atoms with E-state index in [4.69, 9.17) is 9.52 Å². The Labute approximate surface area is 131 Å². The molecular formula is C15H18N2O4S. The molecule has 2 aromatic heterocycles. The van der Waals surface area contributed by atoms with Crippen molar-refractivity contribution in [1.29, 1.82) is 0 Å². The third-order valence-electron chi connectivity index (χ3n) is 3.99. The van der Waals surface area contributed by atoms with Gasteiger partial charge >= 0.3 is 6.09 Å². The number of hydrogen-bond acceptors (Lipinski definition) is 5. The summed E-state index contributed by atoms with van der Waals surface area (Å²) in [5, 5.41) is 22.1. The maximum absolute atomic E-state index is 10.8. The number of aliphatic hydroxyl groups excluding tert-OH is 1. The summed E-state index contributed by atoms with van der Waals surface area (Å²) in [6.45, 7) is 0. The van der Waals surface area contributed by atoms with E-state index in [0.29, 0.717) is 16.3 Å². The summed E-state index contributed by atoms with van der Waals surface area (Å²) >= 11 is 1.17. The van der Waals surface area contributed by atoms with Gasteiger partial charge in [0.05, 0.1) is 17.2 Å². The second kappa shape index (κ2) is 6.50. The first-order chi connectivity index (χ1) is 10.6. The highest BCUT2D eigenvalue weighted by Crippen LogP contribution is 2.42. The Morgan fingerprint density at radius 2 is 2.18 bits per heavy atom. The molecule has 3 rings (SSSR count). The normalized spacial score (nSPS) is 17.3. The van der Waals surface area contributed by atoms with Gasteiger partial charge in [0, 0.05) is 0 Å². The number of furan rings is 1. The van der Waals surface area contributed by atoms with Crippen LogP contribution in [0.5, 0.6) is 0 Å². The van der Waals surface area contributed by atoms with E-state index in [1.54, 1.807) is 12.1 Å². The van der Waals surface area contributed by atoms with Gasteiger partial charge < -0.3 is 14.6 Å². The van der Waals surface area contributed by atoms with Crippen molar-refractivity contribution in [2.45, 2.75) is 38.2 Å². The Bertz CT molecular complexity index is 632. The molecule has 6 nitrogen and oxygen atoms in total. The number of aliphatic hydroxyl groups is 1. The van der Waals surface area contributed by atoms with Crippen LogP contribution in [0.2, 0.25) is 0 Å². The molecule has 2 heterocycles. The van der Waals surface area contributed by atoms with Gasteiger partial charge in [-0.05, 0) is 30.9 Å². The van der Waals surface area contributed by atoms with Crippen LogP contribution in [-0.2, 0) is 0 Å². The highest BCUT2D eigenvalue weighted by molar-refractivity contribution is 7.16. The summed E-state index contributed by atoms with van der Waals surface area (Å²) in [4.78, 5) is 15.8. The highest BCUT2D eigenvalue weighted by Gasteiger charge is 2.29. The molecule has 1 saturated carbocycles. The van der Waals surface area contributed by atoms with E-state index in [9.17, 15) is 9.90 Å². The van der Waals surface area contributed by atoms with Crippen LogP contribution >= 0.6 is 11.3 Å². The number of nitrogens with zero attached hydrogens (tertiary/aromatic N) is 1. The average Bonchev–Trinajstić information content (AvgIpc) is 3.15. The standard InChI is InChI=1S/C15H18N2O4S/c18-12(9-5-2-1-3-6-9)13-11(10-7-4-8-21-10)16-14(22-13)17-15(19)20/h4,7-9,12,18H,1-3,5-6H2,(H,16,17)(H,19,20). The lowest BCUT2D eigenvalue weighted by Gasteiger charge is -2.26. The Balaban J connectivity index is 1.93. The van der Waals surface area contributed by atoms with Gasteiger partial charge in [0.1, 0.15) is 5.69 Å². The number of thiazole rings is 1. The number of rotatable bonds is 4. The summed E-state index contributed by atoms with van der Waals surface area (Å²) in [5.74, 6) is 0.736. The first kappa shape index (κ1) is 15.1. The van der Waals surface area contributed by atoms with Gasteiger partial charge in [-0.25, -0.2) is 9.78 Å². The Kier molecular flexibility index (Phi) is 4.44. The van der Waals surface area contributed by atoms with E-state index in [1.165, 1.54) is 24.0 Å². The Morgan fingerprint density at radius 3 is 2.82 bits per heavy atom. The fourth-order valence-electron chi connectivity index (χ4n) is 2.93. The van der Waals surface area contributed by atoms with E-state index in [1.807, 2.05) is 0 Å². The van der Waals surface area contributed by atoms with Crippen molar-refractivity contribution in [2.75, 3.05) is 5.32 Å². The Morgan fingerprint density at radius 1 is 1.41 bits per heavy atom. The molecule has 22 heavy (non-hydrogen) atoms. The van der Waals surface area contributed by atoms with Crippen LogP contribution in [0.15, 0.2) is 22.8 Å². The SMILES string of the molecule is O=C(O)Nc1nc(-c2ccco2)c(C(O)C2CCCCC2)s1. The summed E-state index contributed by atoms with van der Waals surface area (Å²) in [6, 6.07) is 3.51. The average molecular weight is 322 g/mol. The number of hydrogen-bond donors (Lipinski definition) is 3. The minimum absolute atomic E-state index is 0.195.